The zero-order valence-corrected chi connectivity index (χ0v) is 10.6. The molecule has 1 atom stereocenters. The molecule has 1 aliphatic rings. The van der Waals surface area contributed by atoms with Crippen molar-refractivity contribution in [2.24, 2.45) is 0 Å². The van der Waals surface area contributed by atoms with Crippen LogP contribution in [-0.4, -0.2) is 17.6 Å². The summed E-state index contributed by atoms with van der Waals surface area (Å²) in [6.45, 7) is 3.15. The minimum absolute atomic E-state index is 0.0556. The van der Waals surface area contributed by atoms with Gasteiger partial charge in [0.15, 0.2) is 0 Å². The van der Waals surface area contributed by atoms with Gasteiger partial charge in [0.1, 0.15) is 0 Å². The molecule has 0 radical (unpaired) electrons. The average molecular weight is 242 g/mol. The summed E-state index contributed by atoms with van der Waals surface area (Å²) < 4.78 is 0. The molecule has 2 heterocycles. The van der Waals surface area contributed by atoms with Crippen molar-refractivity contribution in [3.05, 3.63) is 45.7 Å². The molecule has 3 heteroatoms. The second-order valence-corrected chi connectivity index (χ2v) is 5.21. The predicted octanol–water partition coefficient (Wildman–Crippen LogP) is 2.13. The van der Waals surface area contributed by atoms with Gasteiger partial charge in [0.25, 0.3) is 5.56 Å². The molecule has 1 saturated heterocycles. The highest BCUT2D eigenvalue weighted by molar-refractivity contribution is 5.79. The number of nitrogens with one attached hydrogen (secondary N) is 2. The number of hydrogen-bond acceptors (Lipinski definition) is 2. The standard InChI is InChI=1S/C15H18N2O/c1-10-4-5-14-11(7-10)8-12(15(18)17-14)9-13-3-2-6-16-13/h4-5,7-8,13,16H,2-3,6,9H2,1H3,(H,17,18). The molecule has 0 bridgehead atoms. The Kier molecular flexibility index (Phi) is 2.92. The number of aromatic nitrogens is 1. The number of pyridine rings is 1. The van der Waals surface area contributed by atoms with E-state index in [1.807, 2.05) is 18.2 Å². The van der Waals surface area contributed by atoms with Gasteiger partial charge in [-0.1, -0.05) is 11.6 Å². The summed E-state index contributed by atoms with van der Waals surface area (Å²) in [4.78, 5) is 15.0. The van der Waals surface area contributed by atoms with Gasteiger partial charge in [-0.15, -0.1) is 0 Å². The number of aromatic amines is 1. The van der Waals surface area contributed by atoms with E-state index in [-0.39, 0.29) is 5.56 Å². The third-order valence-corrected chi connectivity index (χ3v) is 3.71. The van der Waals surface area contributed by atoms with Crippen LogP contribution in [0.25, 0.3) is 10.9 Å². The van der Waals surface area contributed by atoms with Crippen LogP contribution in [0.2, 0.25) is 0 Å². The summed E-state index contributed by atoms with van der Waals surface area (Å²) in [5.41, 5.74) is 3.10. The van der Waals surface area contributed by atoms with Gasteiger partial charge in [-0.05, 0) is 56.3 Å². The summed E-state index contributed by atoms with van der Waals surface area (Å²) in [6.07, 6.45) is 3.22. The Morgan fingerprint density at radius 1 is 1.33 bits per heavy atom. The number of hydrogen-bond donors (Lipinski definition) is 2. The molecule has 0 saturated carbocycles. The van der Waals surface area contributed by atoms with Crippen LogP contribution < -0.4 is 10.9 Å². The number of benzene rings is 1. The molecule has 94 valence electrons. The van der Waals surface area contributed by atoms with Crippen molar-refractivity contribution in [3.8, 4) is 0 Å². The van der Waals surface area contributed by atoms with Gasteiger partial charge in [0.2, 0.25) is 0 Å². The Morgan fingerprint density at radius 2 is 2.22 bits per heavy atom. The molecule has 3 nitrogen and oxygen atoms in total. The van der Waals surface area contributed by atoms with Gasteiger partial charge < -0.3 is 10.3 Å². The first kappa shape index (κ1) is 11.5. The molecule has 1 fully saturated rings. The van der Waals surface area contributed by atoms with Crippen LogP contribution in [-0.2, 0) is 6.42 Å². The number of fused-ring (bicyclic) bond motifs is 1. The van der Waals surface area contributed by atoms with E-state index in [0.29, 0.717) is 6.04 Å². The highest BCUT2D eigenvalue weighted by Crippen LogP contribution is 2.15. The third-order valence-electron chi connectivity index (χ3n) is 3.71. The van der Waals surface area contributed by atoms with E-state index in [1.165, 1.54) is 18.4 Å². The van der Waals surface area contributed by atoms with Crippen LogP contribution in [0.3, 0.4) is 0 Å². The number of aryl methyl sites for hydroxylation is 1. The van der Waals surface area contributed by atoms with Crippen molar-refractivity contribution in [3.63, 3.8) is 0 Å². The first-order valence-electron chi connectivity index (χ1n) is 6.58. The van der Waals surface area contributed by atoms with Crippen molar-refractivity contribution in [1.29, 1.82) is 0 Å². The highest BCUT2D eigenvalue weighted by Gasteiger charge is 2.16. The van der Waals surface area contributed by atoms with Crippen LogP contribution in [0, 0.1) is 6.92 Å². The van der Waals surface area contributed by atoms with E-state index < -0.39 is 0 Å². The van der Waals surface area contributed by atoms with E-state index >= 15 is 0 Å². The fourth-order valence-electron chi connectivity index (χ4n) is 2.72. The lowest BCUT2D eigenvalue weighted by molar-refractivity contribution is 0.600. The molecule has 0 spiro atoms. The maximum atomic E-state index is 12.0. The van der Waals surface area contributed by atoms with Crippen LogP contribution in [0.5, 0.6) is 0 Å². The molecular weight excluding hydrogens is 224 g/mol. The monoisotopic (exact) mass is 242 g/mol. The van der Waals surface area contributed by atoms with Crippen molar-refractivity contribution in [2.45, 2.75) is 32.2 Å². The van der Waals surface area contributed by atoms with Crippen LogP contribution in [0.4, 0.5) is 0 Å². The molecule has 0 amide bonds. The van der Waals surface area contributed by atoms with Crippen LogP contribution in [0.15, 0.2) is 29.1 Å². The third kappa shape index (κ3) is 2.18. The lowest BCUT2D eigenvalue weighted by Gasteiger charge is -2.10. The first-order chi connectivity index (χ1) is 8.72. The summed E-state index contributed by atoms with van der Waals surface area (Å²) in [7, 11) is 0. The summed E-state index contributed by atoms with van der Waals surface area (Å²) >= 11 is 0. The normalized spacial score (nSPS) is 19.5. The van der Waals surface area contributed by atoms with Crippen molar-refractivity contribution < 1.29 is 0 Å². The largest absolute Gasteiger partial charge is 0.322 e. The van der Waals surface area contributed by atoms with Gasteiger partial charge >= 0.3 is 0 Å². The molecule has 1 aromatic carbocycles. The second kappa shape index (κ2) is 4.58. The SMILES string of the molecule is Cc1ccc2[nH]c(=O)c(CC3CCCN3)cc2c1. The van der Waals surface area contributed by atoms with Gasteiger partial charge in [0.05, 0.1) is 0 Å². The Labute approximate surface area is 106 Å². The molecule has 18 heavy (non-hydrogen) atoms. The van der Waals surface area contributed by atoms with E-state index in [1.54, 1.807) is 0 Å². The fraction of sp³-hybridized carbons (Fsp3) is 0.400. The number of rotatable bonds is 2. The lowest BCUT2D eigenvalue weighted by atomic mass is 10.0. The molecular formula is C15H18N2O. The van der Waals surface area contributed by atoms with E-state index in [0.717, 1.165) is 29.4 Å². The van der Waals surface area contributed by atoms with Crippen molar-refractivity contribution >= 4 is 10.9 Å². The topological polar surface area (TPSA) is 44.9 Å². The van der Waals surface area contributed by atoms with Gasteiger partial charge in [-0.2, -0.15) is 0 Å². The molecule has 2 aromatic rings. The molecule has 0 aliphatic carbocycles. The highest BCUT2D eigenvalue weighted by atomic mass is 16.1. The molecule has 1 aliphatic heterocycles. The van der Waals surface area contributed by atoms with E-state index in [9.17, 15) is 4.79 Å². The quantitative estimate of drug-likeness (QED) is 0.847. The van der Waals surface area contributed by atoms with Crippen molar-refractivity contribution in [2.75, 3.05) is 6.54 Å². The van der Waals surface area contributed by atoms with E-state index in [4.69, 9.17) is 0 Å². The van der Waals surface area contributed by atoms with Gasteiger partial charge in [-0.3, -0.25) is 4.79 Å². The van der Waals surface area contributed by atoms with Gasteiger partial charge in [-0.25, -0.2) is 0 Å². The maximum absolute atomic E-state index is 12.0. The predicted molar refractivity (Wildman–Crippen MR) is 74.0 cm³/mol. The molecule has 1 aromatic heterocycles. The summed E-state index contributed by atoms with van der Waals surface area (Å²) in [5, 5.41) is 4.57. The Balaban J connectivity index is 2.00. The smallest absolute Gasteiger partial charge is 0.251 e. The summed E-state index contributed by atoms with van der Waals surface area (Å²) in [6, 6.07) is 8.63. The fourth-order valence-corrected chi connectivity index (χ4v) is 2.72. The first-order valence-corrected chi connectivity index (χ1v) is 6.58. The van der Waals surface area contributed by atoms with Crippen LogP contribution >= 0.6 is 0 Å². The average Bonchev–Trinajstić information content (AvgIpc) is 2.83. The van der Waals surface area contributed by atoms with Crippen LogP contribution in [0.1, 0.15) is 24.0 Å². The second-order valence-electron chi connectivity index (χ2n) is 5.21. The molecule has 3 rings (SSSR count). The Bertz CT molecular complexity index is 624. The maximum Gasteiger partial charge on any atom is 0.251 e. The van der Waals surface area contributed by atoms with Crippen molar-refractivity contribution in [1.82, 2.24) is 10.3 Å². The Morgan fingerprint density at radius 3 is 3.00 bits per heavy atom. The minimum atomic E-state index is 0.0556. The number of H-pyrrole nitrogens is 1. The lowest BCUT2D eigenvalue weighted by Crippen LogP contribution is -2.27. The zero-order valence-electron chi connectivity index (χ0n) is 10.6. The Hall–Kier alpha value is -1.61. The van der Waals surface area contributed by atoms with Gasteiger partial charge in [0, 0.05) is 17.1 Å². The zero-order chi connectivity index (χ0) is 12.5. The minimum Gasteiger partial charge on any atom is -0.322 e. The molecule has 2 N–H and O–H groups in total. The molecule has 1 unspecified atom stereocenters. The summed E-state index contributed by atoms with van der Waals surface area (Å²) in [5.74, 6) is 0. The van der Waals surface area contributed by atoms with E-state index in [2.05, 4.69) is 23.3 Å².